The van der Waals surface area contributed by atoms with Crippen molar-refractivity contribution in [2.24, 2.45) is 0 Å². The van der Waals surface area contributed by atoms with Crippen LogP contribution in [0.5, 0.6) is 0 Å². The number of anilines is 1. The van der Waals surface area contributed by atoms with Crippen molar-refractivity contribution in [1.29, 1.82) is 0 Å². The maximum absolute atomic E-state index is 12.9. The predicted molar refractivity (Wildman–Crippen MR) is 66.6 cm³/mol. The van der Waals surface area contributed by atoms with Crippen LogP contribution in [0.4, 0.5) is 14.6 Å². The summed E-state index contributed by atoms with van der Waals surface area (Å²) in [6, 6.07) is 1.43. The first-order valence-electron chi connectivity index (χ1n) is 5.27. The van der Waals surface area contributed by atoms with E-state index in [9.17, 15) is 13.6 Å². The van der Waals surface area contributed by atoms with Gasteiger partial charge in [0.25, 0.3) is 6.43 Å². The molecule has 100 valence electrons. The number of hydrogen-bond acceptors (Lipinski definition) is 4. The molecule has 0 bridgehead atoms. The van der Waals surface area contributed by atoms with Crippen molar-refractivity contribution in [2.75, 3.05) is 12.3 Å². The molecule has 0 atom stereocenters. The van der Waals surface area contributed by atoms with Crippen molar-refractivity contribution < 1.29 is 18.3 Å². The molecule has 18 heavy (non-hydrogen) atoms. The third-order valence-electron chi connectivity index (χ3n) is 2.22. The Kier molecular flexibility index (Phi) is 5.46. The maximum atomic E-state index is 12.9. The van der Waals surface area contributed by atoms with Gasteiger partial charge in [-0.25, -0.2) is 13.8 Å². The van der Waals surface area contributed by atoms with Crippen LogP contribution < -0.4 is 5.73 Å². The van der Waals surface area contributed by atoms with Crippen LogP contribution in [0, 0.1) is 0 Å². The fourth-order valence-corrected chi connectivity index (χ4v) is 1.81. The molecule has 0 spiro atoms. The van der Waals surface area contributed by atoms with E-state index in [1.807, 2.05) is 0 Å². The second-order valence-electron chi connectivity index (χ2n) is 3.49. The Bertz CT molecular complexity index is 441. The summed E-state index contributed by atoms with van der Waals surface area (Å²) in [6.07, 6.45) is -3.01. The van der Waals surface area contributed by atoms with Gasteiger partial charge in [0.05, 0.1) is 24.3 Å². The fraction of sp³-hybridized carbons (Fsp3) is 0.455. The molecule has 1 aromatic rings. The molecule has 0 aliphatic heterocycles. The molecule has 7 heteroatoms. The minimum atomic E-state index is -2.77. The number of hydrogen-bond donors (Lipinski definition) is 1. The van der Waals surface area contributed by atoms with Crippen LogP contribution in [0.15, 0.2) is 6.07 Å². The van der Waals surface area contributed by atoms with E-state index in [2.05, 4.69) is 20.9 Å². The standard InChI is InChI=1S/C11H13BrF2N2O2/c1-2-18-8(17)4-6-3-7(5-12)16-11(15)9(6)10(13)14/h3,10H,2,4-5H2,1H3,(H2,15,16). The van der Waals surface area contributed by atoms with Crippen LogP contribution >= 0.6 is 15.9 Å². The monoisotopic (exact) mass is 322 g/mol. The molecule has 1 aromatic heterocycles. The summed E-state index contributed by atoms with van der Waals surface area (Å²) in [5, 5.41) is 0.372. The van der Waals surface area contributed by atoms with Gasteiger partial charge in [-0.15, -0.1) is 0 Å². The SMILES string of the molecule is CCOC(=O)Cc1cc(CBr)nc(N)c1C(F)F. The van der Waals surface area contributed by atoms with Crippen molar-refractivity contribution in [3.8, 4) is 0 Å². The van der Waals surface area contributed by atoms with Gasteiger partial charge in [-0.1, -0.05) is 15.9 Å². The van der Waals surface area contributed by atoms with Gasteiger partial charge in [0, 0.05) is 5.33 Å². The maximum Gasteiger partial charge on any atom is 0.310 e. The molecule has 4 nitrogen and oxygen atoms in total. The topological polar surface area (TPSA) is 65.2 Å². The summed E-state index contributed by atoms with van der Waals surface area (Å²) >= 11 is 3.16. The molecule has 0 unspecified atom stereocenters. The normalized spacial score (nSPS) is 10.7. The third kappa shape index (κ3) is 3.63. The summed E-state index contributed by atoms with van der Waals surface area (Å²) < 4.78 is 30.5. The number of carbonyl (C=O) groups excluding carboxylic acids is 1. The average Bonchev–Trinajstić information content (AvgIpc) is 2.27. The van der Waals surface area contributed by atoms with Gasteiger partial charge in [-0.05, 0) is 18.6 Å². The van der Waals surface area contributed by atoms with Gasteiger partial charge in [-0.3, -0.25) is 4.79 Å². The Balaban J connectivity index is 3.13. The zero-order valence-corrected chi connectivity index (χ0v) is 11.3. The summed E-state index contributed by atoms with van der Waals surface area (Å²) in [5.74, 6) is -0.813. The average molecular weight is 323 g/mol. The number of nitrogens with two attached hydrogens (primary N) is 1. The Morgan fingerprint density at radius 2 is 2.28 bits per heavy atom. The largest absolute Gasteiger partial charge is 0.466 e. The highest BCUT2D eigenvalue weighted by Crippen LogP contribution is 2.29. The first-order chi connectivity index (χ1) is 8.49. The van der Waals surface area contributed by atoms with Crippen LogP contribution in [-0.2, 0) is 21.3 Å². The number of ether oxygens (including phenoxy) is 1. The number of pyridine rings is 1. The molecule has 0 aliphatic rings. The number of rotatable bonds is 5. The van der Waals surface area contributed by atoms with E-state index < -0.39 is 18.0 Å². The Labute approximate surface area is 112 Å². The highest BCUT2D eigenvalue weighted by Gasteiger charge is 2.21. The highest BCUT2D eigenvalue weighted by atomic mass is 79.9. The molecule has 0 amide bonds. The van der Waals surface area contributed by atoms with E-state index in [1.54, 1.807) is 6.92 Å². The van der Waals surface area contributed by atoms with Gasteiger partial charge >= 0.3 is 5.97 Å². The predicted octanol–water partition coefficient (Wildman–Crippen LogP) is 2.60. The number of nitrogens with zero attached hydrogens (tertiary/aromatic N) is 1. The molecule has 0 radical (unpaired) electrons. The Morgan fingerprint density at radius 1 is 1.61 bits per heavy atom. The van der Waals surface area contributed by atoms with Crippen LogP contribution in [0.1, 0.15) is 30.2 Å². The zero-order chi connectivity index (χ0) is 13.7. The lowest BCUT2D eigenvalue weighted by atomic mass is 10.1. The van der Waals surface area contributed by atoms with Crippen molar-refractivity contribution >= 4 is 27.7 Å². The Hall–Kier alpha value is -1.24. The third-order valence-corrected chi connectivity index (χ3v) is 2.80. The fourth-order valence-electron chi connectivity index (χ4n) is 1.52. The summed E-state index contributed by atoms with van der Waals surface area (Å²) in [6.45, 7) is 1.85. The number of carbonyl (C=O) groups is 1. The van der Waals surface area contributed by atoms with Crippen molar-refractivity contribution in [2.45, 2.75) is 25.1 Å². The smallest absolute Gasteiger partial charge is 0.310 e. The van der Waals surface area contributed by atoms with Gasteiger partial charge in [0.15, 0.2) is 0 Å². The molecule has 1 rings (SSSR count). The number of alkyl halides is 3. The van der Waals surface area contributed by atoms with Crippen molar-refractivity contribution in [1.82, 2.24) is 4.98 Å². The second kappa shape index (κ2) is 6.63. The minimum Gasteiger partial charge on any atom is -0.466 e. The first kappa shape index (κ1) is 14.8. The van der Waals surface area contributed by atoms with E-state index in [0.29, 0.717) is 11.0 Å². The molecule has 0 fully saturated rings. The van der Waals surface area contributed by atoms with Crippen molar-refractivity contribution in [3.05, 3.63) is 22.9 Å². The molecular formula is C11H13BrF2N2O2. The highest BCUT2D eigenvalue weighted by molar-refractivity contribution is 9.08. The van der Waals surface area contributed by atoms with Crippen LogP contribution in [0.25, 0.3) is 0 Å². The number of nitrogen functional groups attached to an aromatic ring is 1. The van der Waals surface area contributed by atoms with E-state index in [1.165, 1.54) is 6.07 Å². The van der Waals surface area contributed by atoms with Gasteiger partial charge in [-0.2, -0.15) is 0 Å². The lowest BCUT2D eigenvalue weighted by Gasteiger charge is -2.12. The lowest BCUT2D eigenvalue weighted by molar-refractivity contribution is -0.142. The van der Waals surface area contributed by atoms with E-state index >= 15 is 0 Å². The van der Waals surface area contributed by atoms with Crippen LogP contribution in [0.2, 0.25) is 0 Å². The quantitative estimate of drug-likeness (QED) is 0.668. The van der Waals surface area contributed by atoms with Gasteiger partial charge in [0.1, 0.15) is 5.82 Å². The number of aromatic nitrogens is 1. The van der Waals surface area contributed by atoms with Crippen molar-refractivity contribution in [3.63, 3.8) is 0 Å². The van der Waals surface area contributed by atoms with E-state index in [4.69, 9.17) is 10.5 Å². The summed E-state index contributed by atoms with van der Waals surface area (Å²) in [5.41, 5.74) is 5.74. The minimum absolute atomic E-state index is 0.158. The molecule has 1 heterocycles. The number of esters is 1. The molecule has 0 saturated carbocycles. The summed E-state index contributed by atoms with van der Waals surface area (Å²) in [4.78, 5) is 15.2. The first-order valence-corrected chi connectivity index (χ1v) is 6.39. The van der Waals surface area contributed by atoms with E-state index in [0.717, 1.165) is 0 Å². The second-order valence-corrected chi connectivity index (χ2v) is 4.05. The van der Waals surface area contributed by atoms with Gasteiger partial charge < -0.3 is 10.5 Å². The molecule has 0 aromatic carbocycles. The van der Waals surface area contributed by atoms with E-state index in [-0.39, 0.29) is 24.4 Å². The molecule has 0 saturated heterocycles. The lowest BCUT2D eigenvalue weighted by Crippen LogP contribution is -2.12. The molecule has 0 aliphatic carbocycles. The van der Waals surface area contributed by atoms with Crippen LogP contribution in [0.3, 0.4) is 0 Å². The summed E-state index contributed by atoms with van der Waals surface area (Å²) in [7, 11) is 0. The number of halogens is 3. The van der Waals surface area contributed by atoms with Gasteiger partial charge in [0.2, 0.25) is 0 Å². The Morgan fingerprint density at radius 3 is 2.78 bits per heavy atom. The molecule has 2 N–H and O–H groups in total. The molecular weight excluding hydrogens is 310 g/mol. The zero-order valence-electron chi connectivity index (χ0n) is 9.75. The van der Waals surface area contributed by atoms with Crippen LogP contribution in [-0.4, -0.2) is 17.6 Å².